The number of hydrogen-bond acceptors (Lipinski definition) is 9. The number of H-pyrrole nitrogens is 2. The Morgan fingerprint density at radius 1 is 0.836 bits per heavy atom. The number of halogens is 1. The Labute approximate surface area is 323 Å². The first kappa shape index (κ1) is 39.3. The van der Waals surface area contributed by atoms with Crippen molar-refractivity contribution in [1.82, 2.24) is 40.4 Å². The number of likely N-dealkylation sites (tertiary alicyclic amines) is 2. The fourth-order valence-corrected chi connectivity index (χ4v) is 7.95. The SMILES string of the molecule is COC(=O)N[C@@H](C)C(=O)N1CCC[C@H]1c1ncc(-c2ccc(-c3ccc(-c4cnc([C@@H]5C[C@H](SC)CN5C(=O)[C@@H](NC(=O)OC)C(C)C)[nH]4)cc3F)cc2)[nH]1. The molecule has 6 rings (SSSR count). The predicted molar refractivity (Wildman–Crippen MR) is 206 cm³/mol. The number of rotatable bonds is 11. The van der Waals surface area contributed by atoms with Crippen molar-refractivity contribution in [3.63, 3.8) is 0 Å². The molecule has 2 aliphatic heterocycles. The van der Waals surface area contributed by atoms with Gasteiger partial charge in [-0.15, -0.1) is 0 Å². The van der Waals surface area contributed by atoms with E-state index < -0.39 is 30.1 Å². The zero-order valence-electron chi connectivity index (χ0n) is 31.7. The first-order valence-corrected chi connectivity index (χ1v) is 19.5. The van der Waals surface area contributed by atoms with Crippen LogP contribution in [0.2, 0.25) is 0 Å². The van der Waals surface area contributed by atoms with Gasteiger partial charge in [-0.1, -0.05) is 50.2 Å². The lowest BCUT2D eigenvalue weighted by Gasteiger charge is -2.30. The number of nitrogens with zero attached hydrogens (tertiary/aromatic N) is 4. The minimum absolute atomic E-state index is 0.163. The Bertz CT molecular complexity index is 2020. The van der Waals surface area contributed by atoms with E-state index in [0.717, 1.165) is 24.1 Å². The molecule has 14 nitrogen and oxygen atoms in total. The van der Waals surface area contributed by atoms with E-state index in [1.807, 2.05) is 50.4 Å². The maximum atomic E-state index is 15.7. The van der Waals surface area contributed by atoms with Crippen LogP contribution in [0.1, 0.15) is 63.8 Å². The smallest absolute Gasteiger partial charge is 0.407 e. The Morgan fingerprint density at radius 3 is 2.05 bits per heavy atom. The van der Waals surface area contributed by atoms with E-state index in [0.29, 0.717) is 53.5 Å². The molecule has 4 heterocycles. The number of methoxy groups -OCH3 is 2. The van der Waals surface area contributed by atoms with Gasteiger partial charge in [-0.05, 0) is 55.6 Å². The molecule has 0 aliphatic carbocycles. The number of amides is 4. The van der Waals surface area contributed by atoms with Crippen LogP contribution in [0.3, 0.4) is 0 Å². The molecule has 292 valence electrons. The van der Waals surface area contributed by atoms with Gasteiger partial charge in [0, 0.05) is 29.5 Å². The third-order valence-electron chi connectivity index (χ3n) is 10.3. The van der Waals surface area contributed by atoms with Crippen LogP contribution in [0, 0.1) is 11.7 Å². The quantitative estimate of drug-likeness (QED) is 0.141. The molecule has 0 bridgehead atoms. The van der Waals surface area contributed by atoms with Gasteiger partial charge in [0.05, 0.1) is 50.1 Å². The standard InChI is InChI=1S/C39H47FN8O6S/c1-21(2)33(46-39(52)54-5)37(50)48-20-26(55-6)17-32(48)35-42-19-30(45-35)25-13-14-27(28(40)16-25)23-9-11-24(12-10-23)29-18-41-34(44-29)31-8-7-15-47(31)36(49)22(3)43-38(51)53-4/h9-14,16,18-19,21-22,26,31-33H,7-8,15,17,20H2,1-6H3,(H,41,44)(H,42,45)(H,43,51)(H,46,52)/t22-,26-,31-,32-,33-/m0/s1. The summed E-state index contributed by atoms with van der Waals surface area (Å²) in [4.78, 5) is 69.9. The number of ether oxygens (including phenoxy) is 2. The fraction of sp³-hybridized carbons (Fsp3) is 0.436. The monoisotopic (exact) mass is 774 g/mol. The fourth-order valence-electron chi connectivity index (χ4n) is 7.26. The average molecular weight is 775 g/mol. The van der Waals surface area contributed by atoms with Crippen molar-refractivity contribution < 1.29 is 33.0 Å². The third-order valence-corrected chi connectivity index (χ3v) is 11.3. The number of hydrogen-bond donors (Lipinski definition) is 4. The van der Waals surface area contributed by atoms with Crippen molar-refractivity contribution >= 4 is 35.8 Å². The highest BCUT2D eigenvalue weighted by atomic mass is 32.2. The number of benzene rings is 2. The number of alkyl carbamates (subject to hydrolysis) is 2. The topological polar surface area (TPSA) is 175 Å². The number of nitrogens with one attached hydrogen (secondary N) is 4. The zero-order chi connectivity index (χ0) is 39.4. The highest BCUT2D eigenvalue weighted by Gasteiger charge is 2.41. The maximum Gasteiger partial charge on any atom is 0.407 e. The second-order valence-electron chi connectivity index (χ2n) is 14.1. The number of carbonyl (C=O) groups is 4. The molecule has 4 N–H and O–H groups in total. The van der Waals surface area contributed by atoms with Crippen LogP contribution >= 0.6 is 11.8 Å². The summed E-state index contributed by atoms with van der Waals surface area (Å²) < 4.78 is 25.1. The molecule has 2 aromatic heterocycles. The molecule has 4 aromatic rings. The number of aromatic amines is 2. The molecule has 16 heteroatoms. The minimum Gasteiger partial charge on any atom is -0.453 e. The molecule has 4 amide bonds. The largest absolute Gasteiger partial charge is 0.453 e. The van der Waals surface area contributed by atoms with Gasteiger partial charge in [0.25, 0.3) is 0 Å². The lowest BCUT2D eigenvalue weighted by Crippen LogP contribution is -2.51. The molecular weight excluding hydrogens is 728 g/mol. The van der Waals surface area contributed by atoms with Gasteiger partial charge >= 0.3 is 12.2 Å². The third kappa shape index (κ3) is 8.48. The van der Waals surface area contributed by atoms with Crippen LogP contribution < -0.4 is 10.6 Å². The van der Waals surface area contributed by atoms with Gasteiger partial charge in [-0.2, -0.15) is 11.8 Å². The first-order valence-electron chi connectivity index (χ1n) is 18.3. The minimum atomic E-state index is -0.759. The van der Waals surface area contributed by atoms with Crippen LogP contribution in [0.4, 0.5) is 14.0 Å². The lowest BCUT2D eigenvalue weighted by molar-refractivity contribution is -0.135. The Kier molecular flexibility index (Phi) is 12.1. The van der Waals surface area contributed by atoms with Gasteiger partial charge in [-0.3, -0.25) is 9.59 Å². The Morgan fingerprint density at radius 2 is 1.44 bits per heavy atom. The van der Waals surface area contributed by atoms with Gasteiger partial charge in [0.2, 0.25) is 11.8 Å². The summed E-state index contributed by atoms with van der Waals surface area (Å²) >= 11 is 1.68. The highest BCUT2D eigenvalue weighted by Crippen LogP contribution is 2.38. The molecule has 0 saturated carbocycles. The van der Waals surface area contributed by atoms with Crippen LogP contribution in [-0.4, -0.2) is 105 Å². The van der Waals surface area contributed by atoms with Crippen molar-refractivity contribution in [1.29, 1.82) is 0 Å². The zero-order valence-corrected chi connectivity index (χ0v) is 32.5. The van der Waals surface area contributed by atoms with E-state index in [-0.39, 0.29) is 35.1 Å². The molecule has 5 atom stereocenters. The summed E-state index contributed by atoms with van der Waals surface area (Å²) in [5, 5.41) is 5.40. The van der Waals surface area contributed by atoms with Crippen molar-refractivity contribution in [3.8, 4) is 33.6 Å². The highest BCUT2D eigenvalue weighted by molar-refractivity contribution is 7.99. The molecule has 2 saturated heterocycles. The van der Waals surface area contributed by atoms with E-state index in [1.165, 1.54) is 20.3 Å². The second kappa shape index (κ2) is 17.0. The molecule has 0 spiro atoms. The van der Waals surface area contributed by atoms with Crippen LogP contribution in [-0.2, 0) is 19.1 Å². The summed E-state index contributed by atoms with van der Waals surface area (Å²) in [5.41, 5.74) is 3.98. The number of carbonyl (C=O) groups excluding carboxylic acids is 4. The molecule has 2 aliphatic rings. The number of aromatic nitrogens is 4. The Balaban J connectivity index is 1.14. The lowest BCUT2D eigenvalue weighted by atomic mass is 10.0. The number of thioether (sulfide) groups is 1. The summed E-state index contributed by atoms with van der Waals surface area (Å²) in [5.74, 6) is 0.275. The summed E-state index contributed by atoms with van der Waals surface area (Å²) in [7, 11) is 2.52. The van der Waals surface area contributed by atoms with E-state index in [4.69, 9.17) is 4.74 Å². The van der Waals surface area contributed by atoms with Gasteiger partial charge < -0.3 is 39.9 Å². The molecule has 0 radical (unpaired) electrons. The van der Waals surface area contributed by atoms with Crippen molar-refractivity contribution in [2.24, 2.45) is 5.92 Å². The van der Waals surface area contributed by atoms with E-state index >= 15 is 4.39 Å². The second-order valence-corrected chi connectivity index (χ2v) is 15.3. The van der Waals surface area contributed by atoms with E-state index in [1.54, 1.807) is 46.9 Å². The Hall–Kier alpha value is -5.38. The van der Waals surface area contributed by atoms with Crippen LogP contribution in [0.5, 0.6) is 0 Å². The van der Waals surface area contributed by atoms with Gasteiger partial charge in [0.15, 0.2) is 0 Å². The maximum absolute atomic E-state index is 15.7. The van der Waals surface area contributed by atoms with Crippen molar-refractivity contribution in [2.45, 2.75) is 69.5 Å². The molecule has 2 fully saturated rings. The average Bonchev–Trinajstić information content (AvgIpc) is 4.02. The summed E-state index contributed by atoms with van der Waals surface area (Å²) in [6.45, 7) is 6.43. The first-order chi connectivity index (χ1) is 26.4. The summed E-state index contributed by atoms with van der Waals surface area (Å²) in [6, 6.07) is 10.4. The van der Waals surface area contributed by atoms with Gasteiger partial charge in [-0.25, -0.2) is 23.9 Å². The molecule has 0 unspecified atom stereocenters. The van der Waals surface area contributed by atoms with Crippen molar-refractivity contribution in [3.05, 3.63) is 72.3 Å². The van der Waals surface area contributed by atoms with E-state index in [9.17, 15) is 19.2 Å². The van der Waals surface area contributed by atoms with Crippen molar-refractivity contribution in [2.75, 3.05) is 33.6 Å². The van der Waals surface area contributed by atoms with Crippen LogP contribution in [0.25, 0.3) is 33.6 Å². The molecule has 55 heavy (non-hydrogen) atoms. The molecule has 2 aromatic carbocycles. The summed E-state index contributed by atoms with van der Waals surface area (Å²) in [6.07, 6.45) is 6.29. The van der Waals surface area contributed by atoms with E-state index in [2.05, 4.69) is 35.3 Å². The normalized spacial score (nSPS) is 19.3. The predicted octanol–water partition coefficient (Wildman–Crippen LogP) is 6.07. The number of imidazole rings is 2. The van der Waals surface area contributed by atoms with Gasteiger partial charge in [0.1, 0.15) is 29.5 Å². The van der Waals surface area contributed by atoms with Crippen LogP contribution in [0.15, 0.2) is 54.9 Å². The molecular formula is C39H47FN8O6S.